The molecule has 2 amide bonds. The summed E-state index contributed by atoms with van der Waals surface area (Å²) in [6, 6.07) is 7.03. The topological polar surface area (TPSA) is 136 Å². The number of nitrogens with one attached hydrogen (secondary N) is 2. The third kappa shape index (κ3) is 5.22. The van der Waals surface area contributed by atoms with Crippen molar-refractivity contribution in [2.24, 2.45) is 10.2 Å². The lowest BCUT2D eigenvalue weighted by atomic mass is 10.1. The molecule has 1 aromatic rings. The zero-order valence-corrected chi connectivity index (χ0v) is 14.9. The van der Waals surface area contributed by atoms with Crippen LogP contribution in [0.25, 0.3) is 0 Å². The number of hydrogen-bond donors (Lipinski definition) is 2. The van der Waals surface area contributed by atoms with Gasteiger partial charge in [0.15, 0.2) is 0 Å². The number of ether oxygens (including phenoxy) is 2. The molecule has 0 bridgehead atoms. The number of amides is 2. The van der Waals surface area contributed by atoms with E-state index in [4.69, 9.17) is 9.47 Å². The maximum absolute atomic E-state index is 12.0. The smallest absolute Gasteiger partial charge is 0.354 e. The molecule has 10 heteroatoms. The molecule has 0 fully saturated rings. The maximum atomic E-state index is 12.0. The highest BCUT2D eigenvalue weighted by molar-refractivity contribution is 6.37. The number of carbonyl (C=O) groups excluding carboxylic acids is 4. The first-order chi connectivity index (χ1) is 13.5. The Balaban J connectivity index is 1.50. The molecule has 0 unspecified atom stereocenters. The summed E-state index contributed by atoms with van der Waals surface area (Å²) in [6.45, 7) is 0.0403. The van der Waals surface area contributed by atoms with Crippen LogP contribution in [0.3, 0.4) is 0 Å². The highest BCUT2D eigenvalue weighted by Crippen LogP contribution is 2.11. The summed E-state index contributed by atoms with van der Waals surface area (Å²) >= 11 is 0. The lowest BCUT2D eigenvalue weighted by molar-refractivity contribution is -0.137. The van der Waals surface area contributed by atoms with Crippen LogP contribution < -0.4 is 10.9 Å². The predicted octanol–water partition coefficient (Wildman–Crippen LogP) is 0.305. The molecule has 0 aliphatic carbocycles. The van der Waals surface area contributed by atoms with Crippen LogP contribution in [0, 0.1) is 0 Å². The third-order valence-corrected chi connectivity index (χ3v) is 4.01. The number of nitrogens with zero attached hydrogens (tertiary/aromatic N) is 2. The van der Waals surface area contributed by atoms with Gasteiger partial charge in [-0.2, -0.15) is 10.2 Å². The Hall–Kier alpha value is -3.56. The number of rotatable bonds is 6. The van der Waals surface area contributed by atoms with Crippen molar-refractivity contribution in [3.63, 3.8) is 0 Å². The number of carbonyl (C=O) groups is 4. The monoisotopic (exact) mass is 386 g/mol. The van der Waals surface area contributed by atoms with Gasteiger partial charge in [-0.1, -0.05) is 18.2 Å². The zero-order chi connectivity index (χ0) is 19.9. The van der Waals surface area contributed by atoms with E-state index < -0.39 is 11.9 Å². The molecule has 2 aliphatic rings. The van der Waals surface area contributed by atoms with Gasteiger partial charge in [-0.25, -0.2) is 20.4 Å². The largest absolute Gasteiger partial charge is 0.456 e. The van der Waals surface area contributed by atoms with Gasteiger partial charge in [-0.3, -0.25) is 9.59 Å². The van der Waals surface area contributed by atoms with E-state index in [1.54, 1.807) is 24.3 Å². The molecule has 28 heavy (non-hydrogen) atoms. The predicted molar refractivity (Wildman–Crippen MR) is 95.7 cm³/mol. The molecule has 0 aromatic heterocycles. The van der Waals surface area contributed by atoms with E-state index in [0.717, 1.165) is 0 Å². The van der Waals surface area contributed by atoms with Crippen LogP contribution in [0.1, 0.15) is 36.8 Å². The molecule has 2 N–H and O–H groups in total. The van der Waals surface area contributed by atoms with Crippen LogP contribution in [-0.2, 0) is 41.9 Å². The van der Waals surface area contributed by atoms with Gasteiger partial charge < -0.3 is 9.47 Å². The van der Waals surface area contributed by atoms with Crippen LogP contribution in [0.2, 0.25) is 0 Å². The summed E-state index contributed by atoms with van der Waals surface area (Å²) < 4.78 is 10.4. The second-order valence-electron chi connectivity index (χ2n) is 6.16. The summed E-state index contributed by atoms with van der Waals surface area (Å²) in [6.07, 6.45) is 0.878. The minimum Gasteiger partial charge on any atom is -0.456 e. The van der Waals surface area contributed by atoms with Crippen molar-refractivity contribution in [2.75, 3.05) is 0 Å². The Morgan fingerprint density at radius 2 is 1.29 bits per heavy atom. The van der Waals surface area contributed by atoms with Gasteiger partial charge in [0.25, 0.3) is 0 Å². The Morgan fingerprint density at radius 1 is 0.821 bits per heavy atom. The standard InChI is InChI=1S/C18H18N4O6/c23-15-6-4-13(19-21-15)17(25)27-9-11-2-1-3-12(8-11)10-28-18(26)14-5-7-16(24)22-20-14/h1-3,8H,4-7,9-10H2,(H,21,23)(H,22,24). The quantitative estimate of drug-likeness (QED) is 0.675. The van der Waals surface area contributed by atoms with Crippen molar-refractivity contribution >= 4 is 35.2 Å². The number of esters is 2. The molecule has 0 radical (unpaired) electrons. The number of benzene rings is 1. The van der Waals surface area contributed by atoms with E-state index >= 15 is 0 Å². The average molecular weight is 386 g/mol. The maximum Gasteiger partial charge on any atom is 0.354 e. The van der Waals surface area contributed by atoms with Crippen LogP contribution >= 0.6 is 0 Å². The van der Waals surface area contributed by atoms with Crippen molar-refractivity contribution in [3.8, 4) is 0 Å². The molecule has 3 rings (SSSR count). The fraction of sp³-hybridized carbons (Fsp3) is 0.333. The Kier molecular flexibility index (Phi) is 6.10. The van der Waals surface area contributed by atoms with Gasteiger partial charge in [0.1, 0.15) is 24.6 Å². The van der Waals surface area contributed by atoms with Crippen molar-refractivity contribution in [2.45, 2.75) is 38.9 Å². The number of hydrogen-bond acceptors (Lipinski definition) is 8. The van der Waals surface area contributed by atoms with Gasteiger partial charge in [-0.15, -0.1) is 0 Å². The zero-order valence-electron chi connectivity index (χ0n) is 14.9. The summed E-state index contributed by atoms with van der Waals surface area (Å²) in [7, 11) is 0. The molecule has 0 saturated heterocycles. The van der Waals surface area contributed by atoms with E-state index in [9.17, 15) is 19.2 Å². The minimum absolute atomic E-state index is 0.0202. The second kappa shape index (κ2) is 8.89. The summed E-state index contributed by atoms with van der Waals surface area (Å²) in [5, 5.41) is 7.37. The molecule has 0 saturated carbocycles. The first-order valence-electron chi connectivity index (χ1n) is 8.64. The van der Waals surface area contributed by atoms with Crippen LogP contribution in [0.4, 0.5) is 0 Å². The fourth-order valence-corrected chi connectivity index (χ4v) is 2.52. The molecule has 10 nitrogen and oxygen atoms in total. The minimum atomic E-state index is -0.589. The lowest BCUT2D eigenvalue weighted by Gasteiger charge is -2.12. The lowest BCUT2D eigenvalue weighted by Crippen LogP contribution is -2.30. The Bertz CT molecular complexity index is 809. The molecule has 2 aliphatic heterocycles. The third-order valence-electron chi connectivity index (χ3n) is 4.01. The van der Waals surface area contributed by atoms with Crippen molar-refractivity contribution < 1.29 is 28.7 Å². The van der Waals surface area contributed by atoms with Crippen LogP contribution in [-0.4, -0.2) is 35.2 Å². The molecule has 146 valence electrons. The molecular weight excluding hydrogens is 368 g/mol. The van der Waals surface area contributed by atoms with Crippen LogP contribution in [0.15, 0.2) is 34.5 Å². The van der Waals surface area contributed by atoms with E-state index in [2.05, 4.69) is 21.1 Å². The second-order valence-corrected chi connectivity index (χ2v) is 6.16. The highest BCUT2D eigenvalue weighted by atomic mass is 16.5. The molecular formula is C18H18N4O6. The highest BCUT2D eigenvalue weighted by Gasteiger charge is 2.20. The van der Waals surface area contributed by atoms with E-state index in [1.165, 1.54) is 0 Å². The van der Waals surface area contributed by atoms with E-state index in [1.807, 2.05) is 0 Å². The summed E-state index contributed by atoms with van der Waals surface area (Å²) in [5.74, 6) is -1.65. The first kappa shape index (κ1) is 19.2. The molecule has 0 atom stereocenters. The van der Waals surface area contributed by atoms with Gasteiger partial charge in [0, 0.05) is 25.7 Å². The molecule has 2 heterocycles. The SMILES string of the molecule is O=C1CCC(C(=O)OCc2cccc(COC(=O)C3=NNC(=O)CC3)c2)=NN1. The Morgan fingerprint density at radius 3 is 1.68 bits per heavy atom. The van der Waals surface area contributed by atoms with Crippen molar-refractivity contribution in [3.05, 3.63) is 35.4 Å². The normalized spacial score (nSPS) is 16.3. The van der Waals surface area contributed by atoms with Gasteiger partial charge in [0.05, 0.1) is 0 Å². The Labute approximate surface area is 160 Å². The van der Waals surface area contributed by atoms with Gasteiger partial charge in [0.2, 0.25) is 11.8 Å². The summed E-state index contributed by atoms with van der Waals surface area (Å²) in [4.78, 5) is 46.0. The first-order valence-corrected chi connectivity index (χ1v) is 8.64. The van der Waals surface area contributed by atoms with E-state index in [-0.39, 0.29) is 62.1 Å². The molecule has 0 spiro atoms. The number of hydrazone groups is 2. The fourth-order valence-electron chi connectivity index (χ4n) is 2.52. The van der Waals surface area contributed by atoms with Gasteiger partial charge in [-0.05, 0) is 17.2 Å². The molecule has 1 aromatic carbocycles. The summed E-state index contributed by atoms with van der Waals surface area (Å²) in [5.41, 5.74) is 6.26. The van der Waals surface area contributed by atoms with Crippen LogP contribution in [0.5, 0.6) is 0 Å². The van der Waals surface area contributed by atoms with E-state index in [0.29, 0.717) is 11.1 Å². The van der Waals surface area contributed by atoms with Gasteiger partial charge >= 0.3 is 11.9 Å². The average Bonchev–Trinajstić information content (AvgIpc) is 2.71. The van der Waals surface area contributed by atoms with Crippen molar-refractivity contribution in [1.29, 1.82) is 0 Å². The van der Waals surface area contributed by atoms with Crippen molar-refractivity contribution in [1.82, 2.24) is 10.9 Å².